The zero-order valence-electron chi connectivity index (χ0n) is 10.9. The number of hydrogen-bond acceptors (Lipinski definition) is 2. The molecule has 2 heterocycles. The number of rotatable bonds is 1. The lowest BCUT2D eigenvalue weighted by Crippen LogP contribution is -2.02. The largest absolute Gasteiger partial charge is 0.343 e. The summed E-state index contributed by atoms with van der Waals surface area (Å²) < 4.78 is 2.34. The highest BCUT2D eigenvalue weighted by Gasteiger charge is 2.24. The van der Waals surface area contributed by atoms with Crippen molar-refractivity contribution >= 4 is 22.2 Å². The molecule has 1 aliphatic rings. The van der Waals surface area contributed by atoms with Crippen molar-refractivity contribution in [1.82, 2.24) is 4.57 Å². The Morgan fingerprint density at radius 1 is 1.26 bits per heavy atom. The van der Waals surface area contributed by atoms with Crippen molar-refractivity contribution in [3.05, 3.63) is 45.6 Å². The molecule has 0 saturated carbocycles. The molecule has 3 heteroatoms. The molecule has 0 bridgehead atoms. The third-order valence-electron chi connectivity index (χ3n) is 4.13. The molecule has 0 saturated heterocycles. The standard InChI is InChI=1S/C16H16N2S/c1-18-14-5-3-2-4-11(14)12-6-7-15-13(16(12)18)8-10(9-17)19-15/h2-5,8H,6-7,9,17H2,1H3. The molecule has 2 N–H and O–H groups in total. The minimum atomic E-state index is 0.650. The van der Waals surface area contributed by atoms with Gasteiger partial charge >= 0.3 is 0 Å². The molecular weight excluding hydrogens is 252 g/mol. The van der Waals surface area contributed by atoms with Gasteiger partial charge in [-0.1, -0.05) is 18.2 Å². The lowest BCUT2D eigenvalue weighted by atomic mass is 9.94. The summed E-state index contributed by atoms with van der Waals surface area (Å²) in [5.74, 6) is 0. The monoisotopic (exact) mass is 268 g/mol. The summed E-state index contributed by atoms with van der Waals surface area (Å²) in [5.41, 5.74) is 11.4. The van der Waals surface area contributed by atoms with Crippen LogP contribution in [-0.2, 0) is 26.4 Å². The van der Waals surface area contributed by atoms with E-state index in [1.165, 1.54) is 37.5 Å². The maximum atomic E-state index is 5.80. The molecule has 2 aromatic heterocycles. The van der Waals surface area contributed by atoms with Crippen LogP contribution in [0.3, 0.4) is 0 Å². The van der Waals surface area contributed by atoms with Crippen molar-refractivity contribution in [2.24, 2.45) is 12.8 Å². The van der Waals surface area contributed by atoms with Crippen LogP contribution >= 0.6 is 11.3 Å². The van der Waals surface area contributed by atoms with Gasteiger partial charge in [-0.2, -0.15) is 0 Å². The second kappa shape index (κ2) is 3.95. The minimum absolute atomic E-state index is 0.650. The van der Waals surface area contributed by atoms with Gasteiger partial charge in [-0.15, -0.1) is 11.3 Å². The molecule has 4 rings (SSSR count). The number of aryl methyl sites for hydroxylation is 3. The average molecular weight is 268 g/mol. The van der Waals surface area contributed by atoms with E-state index in [-0.39, 0.29) is 0 Å². The van der Waals surface area contributed by atoms with Gasteiger partial charge in [0.15, 0.2) is 0 Å². The molecule has 0 radical (unpaired) electrons. The summed E-state index contributed by atoms with van der Waals surface area (Å²) in [6.45, 7) is 0.650. The predicted molar refractivity (Wildman–Crippen MR) is 81.5 cm³/mol. The van der Waals surface area contributed by atoms with Gasteiger partial charge < -0.3 is 10.3 Å². The van der Waals surface area contributed by atoms with Crippen LogP contribution in [0.25, 0.3) is 22.2 Å². The van der Waals surface area contributed by atoms with E-state index in [9.17, 15) is 0 Å². The summed E-state index contributed by atoms with van der Waals surface area (Å²) in [7, 11) is 2.18. The van der Waals surface area contributed by atoms with Crippen LogP contribution in [0.15, 0.2) is 30.3 Å². The molecule has 0 atom stereocenters. The fraction of sp³-hybridized carbons (Fsp3) is 0.250. The Morgan fingerprint density at radius 2 is 2.11 bits per heavy atom. The van der Waals surface area contributed by atoms with Crippen molar-refractivity contribution in [1.29, 1.82) is 0 Å². The molecule has 0 amide bonds. The van der Waals surface area contributed by atoms with E-state index in [2.05, 4.69) is 41.9 Å². The van der Waals surface area contributed by atoms with E-state index in [4.69, 9.17) is 5.73 Å². The smallest absolute Gasteiger partial charge is 0.0532 e. The van der Waals surface area contributed by atoms with Crippen LogP contribution in [0, 0.1) is 0 Å². The highest BCUT2D eigenvalue weighted by atomic mass is 32.1. The number of nitrogens with two attached hydrogens (primary N) is 1. The molecule has 1 aromatic carbocycles. The second-order valence-electron chi connectivity index (χ2n) is 5.16. The first-order valence-electron chi connectivity index (χ1n) is 6.68. The minimum Gasteiger partial charge on any atom is -0.343 e. The first-order chi connectivity index (χ1) is 9.29. The van der Waals surface area contributed by atoms with Crippen molar-refractivity contribution in [3.8, 4) is 11.3 Å². The van der Waals surface area contributed by atoms with Gasteiger partial charge in [-0.05, 0) is 30.5 Å². The second-order valence-corrected chi connectivity index (χ2v) is 6.38. The summed E-state index contributed by atoms with van der Waals surface area (Å²) in [6, 6.07) is 11.0. The molecule has 0 fully saturated rings. The Hall–Kier alpha value is -1.58. The zero-order chi connectivity index (χ0) is 13.0. The van der Waals surface area contributed by atoms with Crippen molar-refractivity contribution in [2.45, 2.75) is 19.4 Å². The Kier molecular flexibility index (Phi) is 2.34. The topological polar surface area (TPSA) is 30.9 Å². The van der Waals surface area contributed by atoms with E-state index in [0.717, 1.165) is 12.8 Å². The third-order valence-corrected chi connectivity index (χ3v) is 5.35. The number of aromatic nitrogens is 1. The Labute approximate surface area is 116 Å². The Balaban J connectivity index is 2.08. The molecule has 19 heavy (non-hydrogen) atoms. The summed E-state index contributed by atoms with van der Waals surface area (Å²) in [4.78, 5) is 2.79. The summed E-state index contributed by atoms with van der Waals surface area (Å²) in [6.07, 6.45) is 2.30. The fourth-order valence-electron chi connectivity index (χ4n) is 3.28. The first-order valence-corrected chi connectivity index (χ1v) is 7.49. The molecule has 0 aliphatic heterocycles. The summed E-state index contributed by atoms with van der Waals surface area (Å²) in [5, 5.41) is 1.41. The van der Waals surface area contributed by atoms with E-state index in [0.29, 0.717) is 6.54 Å². The number of hydrogen-bond donors (Lipinski definition) is 1. The normalized spacial score (nSPS) is 13.6. The van der Waals surface area contributed by atoms with Crippen molar-refractivity contribution in [2.75, 3.05) is 0 Å². The van der Waals surface area contributed by atoms with E-state index < -0.39 is 0 Å². The van der Waals surface area contributed by atoms with Crippen LogP contribution in [0.4, 0.5) is 0 Å². The maximum absolute atomic E-state index is 5.80. The van der Waals surface area contributed by atoms with E-state index in [1.807, 2.05) is 11.3 Å². The van der Waals surface area contributed by atoms with E-state index >= 15 is 0 Å². The van der Waals surface area contributed by atoms with Gasteiger partial charge in [-0.25, -0.2) is 0 Å². The molecule has 96 valence electrons. The first kappa shape index (κ1) is 11.3. The fourth-order valence-corrected chi connectivity index (χ4v) is 4.32. The van der Waals surface area contributed by atoms with Gasteiger partial charge in [0.2, 0.25) is 0 Å². The average Bonchev–Trinajstić information content (AvgIpc) is 2.99. The molecule has 0 unspecified atom stereocenters. The van der Waals surface area contributed by atoms with Crippen LogP contribution in [0.1, 0.15) is 15.3 Å². The highest BCUT2D eigenvalue weighted by Crippen LogP contribution is 2.42. The zero-order valence-corrected chi connectivity index (χ0v) is 11.8. The van der Waals surface area contributed by atoms with Crippen LogP contribution in [-0.4, -0.2) is 4.57 Å². The van der Waals surface area contributed by atoms with Crippen LogP contribution in [0.5, 0.6) is 0 Å². The third kappa shape index (κ3) is 1.46. The van der Waals surface area contributed by atoms with Crippen molar-refractivity contribution in [3.63, 3.8) is 0 Å². The Morgan fingerprint density at radius 3 is 2.95 bits per heavy atom. The van der Waals surface area contributed by atoms with E-state index in [1.54, 1.807) is 0 Å². The molecule has 1 aliphatic carbocycles. The lowest BCUT2D eigenvalue weighted by molar-refractivity contribution is 0.915. The number of thiophene rings is 1. The van der Waals surface area contributed by atoms with Crippen LogP contribution in [0.2, 0.25) is 0 Å². The number of benzene rings is 1. The number of fused-ring (bicyclic) bond motifs is 5. The number of nitrogens with zero attached hydrogens (tertiary/aromatic N) is 1. The maximum Gasteiger partial charge on any atom is 0.0532 e. The molecule has 2 nitrogen and oxygen atoms in total. The number of para-hydroxylation sites is 1. The molecule has 0 spiro atoms. The molecular formula is C16H16N2S. The SMILES string of the molecule is Cn1c2c(c3ccccc31)CCc1sc(CN)cc1-2. The molecule has 3 aromatic rings. The van der Waals surface area contributed by atoms with Crippen molar-refractivity contribution < 1.29 is 0 Å². The van der Waals surface area contributed by atoms with Gasteiger partial charge in [-0.3, -0.25) is 0 Å². The van der Waals surface area contributed by atoms with Gasteiger partial charge in [0.25, 0.3) is 0 Å². The highest BCUT2D eigenvalue weighted by molar-refractivity contribution is 7.12. The van der Waals surface area contributed by atoms with Gasteiger partial charge in [0, 0.05) is 39.8 Å². The Bertz CT molecular complexity index is 779. The van der Waals surface area contributed by atoms with Gasteiger partial charge in [0.05, 0.1) is 5.69 Å². The summed E-state index contributed by atoms with van der Waals surface area (Å²) >= 11 is 1.88. The lowest BCUT2D eigenvalue weighted by Gasteiger charge is -2.14. The van der Waals surface area contributed by atoms with Crippen LogP contribution < -0.4 is 5.73 Å². The quantitative estimate of drug-likeness (QED) is 0.720. The van der Waals surface area contributed by atoms with Gasteiger partial charge in [0.1, 0.15) is 0 Å². The predicted octanol–water partition coefficient (Wildman–Crippen LogP) is 3.46.